The van der Waals surface area contributed by atoms with E-state index in [9.17, 15) is 9.59 Å². The fraction of sp³-hybridized carbons (Fsp3) is 0.333. The van der Waals surface area contributed by atoms with E-state index in [1.54, 1.807) is 17.0 Å². The molecule has 0 unspecified atom stereocenters. The first kappa shape index (κ1) is 20.6. The van der Waals surface area contributed by atoms with E-state index in [4.69, 9.17) is 16.0 Å². The van der Waals surface area contributed by atoms with Gasteiger partial charge in [-0.25, -0.2) is 0 Å². The number of benzene rings is 2. The molecule has 4 rings (SSSR count). The molecule has 1 atom stereocenters. The van der Waals surface area contributed by atoms with Crippen LogP contribution in [0.25, 0.3) is 11.0 Å². The summed E-state index contributed by atoms with van der Waals surface area (Å²) in [4.78, 5) is 30.9. The Kier molecular flexibility index (Phi) is 5.67. The zero-order chi connectivity index (χ0) is 21.4. The Morgan fingerprint density at radius 3 is 2.47 bits per heavy atom. The Morgan fingerprint density at radius 2 is 1.80 bits per heavy atom. The number of hydrogen-bond donors (Lipinski definition) is 0. The highest BCUT2D eigenvalue weighted by molar-refractivity contribution is 6.32. The molecule has 0 aliphatic carbocycles. The number of likely N-dealkylation sites (N-methyl/N-ethyl adjacent to an activating group) is 1. The van der Waals surface area contributed by atoms with Crippen LogP contribution in [0, 0.1) is 6.92 Å². The number of aryl methyl sites for hydroxylation is 1. The van der Waals surface area contributed by atoms with E-state index in [1.165, 1.54) is 0 Å². The number of halogens is 1. The summed E-state index contributed by atoms with van der Waals surface area (Å²) in [7, 11) is 0. The van der Waals surface area contributed by atoms with Crippen molar-refractivity contribution in [1.29, 1.82) is 0 Å². The standard InChI is InChI=1S/C24H25ClN2O3/c1-4-26(5-2)11-12-27-21(16-9-7-6-8-10-16)20-22(28)17-14-18(25)15(3)13-19(17)30-23(20)24(27)29/h6-10,13-14,21H,4-5,11-12H2,1-3H3/t21-/m0/s1. The second kappa shape index (κ2) is 8.25. The van der Waals surface area contributed by atoms with E-state index >= 15 is 0 Å². The van der Waals surface area contributed by atoms with Crippen molar-refractivity contribution in [2.75, 3.05) is 26.2 Å². The molecule has 1 aliphatic rings. The third-order valence-electron chi connectivity index (χ3n) is 5.91. The van der Waals surface area contributed by atoms with Crippen molar-refractivity contribution in [3.63, 3.8) is 0 Å². The molecule has 0 saturated carbocycles. The van der Waals surface area contributed by atoms with Gasteiger partial charge in [0.1, 0.15) is 5.58 Å². The first-order chi connectivity index (χ1) is 14.5. The Hall–Kier alpha value is -2.63. The third kappa shape index (κ3) is 3.42. The van der Waals surface area contributed by atoms with Crippen molar-refractivity contribution < 1.29 is 9.21 Å². The molecule has 0 bridgehead atoms. The maximum Gasteiger partial charge on any atom is 0.290 e. The number of amides is 1. The normalized spacial score (nSPS) is 16.0. The largest absolute Gasteiger partial charge is 0.450 e. The van der Waals surface area contributed by atoms with Crippen molar-refractivity contribution in [3.8, 4) is 0 Å². The molecule has 0 spiro atoms. The summed E-state index contributed by atoms with van der Waals surface area (Å²) in [5, 5.41) is 0.914. The summed E-state index contributed by atoms with van der Waals surface area (Å²) >= 11 is 6.27. The highest BCUT2D eigenvalue weighted by Gasteiger charge is 2.42. The summed E-state index contributed by atoms with van der Waals surface area (Å²) in [5.74, 6) is -0.0970. The maximum absolute atomic E-state index is 13.5. The first-order valence-electron chi connectivity index (χ1n) is 10.3. The topological polar surface area (TPSA) is 53.8 Å². The summed E-state index contributed by atoms with van der Waals surface area (Å²) < 4.78 is 6.01. The minimum Gasteiger partial charge on any atom is -0.450 e. The number of carbonyl (C=O) groups is 1. The number of hydrogen-bond acceptors (Lipinski definition) is 4. The number of fused-ring (bicyclic) bond motifs is 2. The zero-order valence-corrected chi connectivity index (χ0v) is 18.2. The molecular weight excluding hydrogens is 400 g/mol. The number of nitrogens with zero attached hydrogens (tertiary/aromatic N) is 2. The van der Waals surface area contributed by atoms with E-state index < -0.39 is 6.04 Å². The van der Waals surface area contributed by atoms with Crippen LogP contribution >= 0.6 is 11.6 Å². The van der Waals surface area contributed by atoms with Crippen LogP contribution < -0.4 is 5.43 Å². The van der Waals surface area contributed by atoms with Gasteiger partial charge >= 0.3 is 0 Å². The van der Waals surface area contributed by atoms with Gasteiger partial charge in [-0.05, 0) is 43.3 Å². The van der Waals surface area contributed by atoms with Crippen LogP contribution in [0.4, 0.5) is 0 Å². The van der Waals surface area contributed by atoms with Gasteiger partial charge in [-0.2, -0.15) is 0 Å². The summed E-state index contributed by atoms with van der Waals surface area (Å²) in [6.07, 6.45) is 0. The second-order valence-corrected chi connectivity index (χ2v) is 8.02. The van der Waals surface area contributed by atoms with E-state index in [-0.39, 0.29) is 17.1 Å². The molecular formula is C24H25ClN2O3. The lowest BCUT2D eigenvalue weighted by Crippen LogP contribution is -2.37. The molecule has 0 saturated heterocycles. The first-order valence-corrected chi connectivity index (χ1v) is 10.7. The average Bonchev–Trinajstić information content (AvgIpc) is 3.03. The Labute approximate surface area is 180 Å². The van der Waals surface area contributed by atoms with Gasteiger partial charge in [0.25, 0.3) is 5.91 Å². The van der Waals surface area contributed by atoms with Crippen molar-refractivity contribution in [2.24, 2.45) is 0 Å². The molecule has 30 heavy (non-hydrogen) atoms. The van der Waals surface area contributed by atoms with Gasteiger partial charge in [0.2, 0.25) is 5.76 Å². The van der Waals surface area contributed by atoms with Gasteiger partial charge in [0.15, 0.2) is 5.43 Å². The highest BCUT2D eigenvalue weighted by Crippen LogP contribution is 2.38. The molecule has 2 heterocycles. The fourth-order valence-electron chi connectivity index (χ4n) is 4.14. The molecule has 3 aromatic rings. The van der Waals surface area contributed by atoms with Crippen LogP contribution in [0.15, 0.2) is 51.7 Å². The lowest BCUT2D eigenvalue weighted by molar-refractivity contribution is 0.0708. The molecule has 0 fully saturated rings. The second-order valence-electron chi connectivity index (χ2n) is 7.61. The van der Waals surface area contributed by atoms with Crippen molar-refractivity contribution in [1.82, 2.24) is 9.80 Å². The minimum atomic E-state index is -0.468. The molecule has 1 amide bonds. The predicted molar refractivity (Wildman–Crippen MR) is 119 cm³/mol. The van der Waals surface area contributed by atoms with E-state index in [0.717, 1.165) is 30.8 Å². The number of carbonyl (C=O) groups excluding carboxylic acids is 1. The zero-order valence-electron chi connectivity index (χ0n) is 17.4. The molecule has 5 nitrogen and oxygen atoms in total. The predicted octanol–water partition coefficient (Wildman–Crippen LogP) is 4.64. The van der Waals surface area contributed by atoms with Crippen molar-refractivity contribution >= 4 is 28.5 Å². The average molecular weight is 425 g/mol. The van der Waals surface area contributed by atoms with Crippen LogP contribution in [0.2, 0.25) is 5.02 Å². The van der Waals surface area contributed by atoms with Crippen LogP contribution in [0.5, 0.6) is 0 Å². The SMILES string of the molecule is CCN(CC)CCN1C(=O)c2oc3cc(C)c(Cl)cc3c(=O)c2[C@@H]1c1ccccc1. The number of rotatable bonds is 6. The van der Waals surface area contributed by atoms with Gasteiger partial charge in [0.05, 0.1) is 17.0 Å². The molecule has 1 aromatic heterocycles. The molecule has 156 valence electrons. The van der Waals surface area contributed by atoms with E-state index in [2.05, 4.69) is 18.7 Å². The van der Waals surface area contributed by atoms with Gasteiger partial charge in [0, 0.05) is 18.1 Å². The molecule has 6 heteroatoms. The molecule has 0 N–H and O–H groups in total. The maximum atomic E-state index is 13.5. The third-order valence-corrected chi connectivity index (χ3v) is 6.32. The Bertz CT molecular complexity index is 1150. The summed E-state index contributed by atoms with van der Waals surface area (Å²) in [5.41, 5.74) is 2.30. The van der Waals surface area contributed by atoms with Crippen LogP contribution in [-0.2, 0) is 0 Å². The Morgan fingerprint density at radius 1 is 1.10 bits per heavy atom. The Balaban J connectivity index is 1.89. The fourth-order valence-corrected chi connectivity index (χ4v) is 4.31. The molecule has 0 radical (unpaired) electrons. The van der Waals surface area contributed by atoms with Gasteiger partial charge in [-0.3, -0.25) is 9.59 Å². The monoisotopic (exact) mass is 424 g/mol. The highest BCUT2D eigenvalue weighted by atomic mass is 35.5. The lowest BCUT2D eigenvalue weighted by atomic mass is 9.98. The van der Waals surface area contributed by atoms with Gasteiger partial charge in [-0.15, -0.1) is 0 Å². The van der Waals surface area contributed by atoms with Gasteiger partial charge in [-0.1, -0.05) is 55.8 Å². The lowest BCUT2D eigenvalue weighted by Gasteiger charge is -2.28. The molecule has 2 aromatic carbocycles. The van der Waals surface area contributed by atoms with E-state index in [0.29, 0.717) is 28.1 Å². The van der Waals surface area contributed by atoms with Crippen molar-refractivity contribution in [2.45, 2.75) is 26.8 Å². The van der Waals surface area contributed by atoms with Crippen LogP contribution in [0.3, 0.4) is 0 Å². The molecule has 1 aliphatic heterocycles. The summed E-state index contributed by atoms with van der Waals surface area (Å²) in [6, 6.07) is 12.6. The van der Waals surface area contributed by atoms with Crippen LogP contribution in [0.1, 0.15) is 47.1 Å². The summed E-state index contributed by atoms with van der Waals surface area (Å²) in [6.45, 7) is 9.10. The minimum absolute atomic E-state index is 0.141. The quantitative estimate of drug-likeness (QED) is 0.578. The van der Waals surface area contributed by atoms with Gasteiger partial charge < -0.3 is 14.2 Å². The van der Waals surface area contributed by atoms with E-state index in [1.807, 2.05) is 37.3 Å². The van der Waals surface area contributed by atoms with Crippen LogP contribution in [-0.4, -0.2) is 41.9 Å². The smallest absolute Gasteiger partial charge is 0.290 e. The van der Waals surface area contributed by atoms with Crippen molar-refractivity contribution in [3.05, 3.63) is 80.2 Å².